The Kier molecular flexibility index (Phi) is 6.30. The monoisotopic (exact) mass is 447 g/mol. The Hall–Kier alpha value is -3.12. The second-order valence-corrected chi connectivity index (χ2v) is 9.82. The number of amides is 1. The zero-order chi connectivity index (χ0) is 23.8. The van der Waals surface area contributed by atoms with Gasteiger partial charge in [0, 0.05) is 41.3 Å². The van der Waals surface area contributed by atoms with Gasteiger partial charge in [-0.1, -0.05) is 39.0 Å². The van der Waals surface area contributed by atoms with Crippen LogP contribution in [0.2, 0.25) is 0 Å². The van der Waals surface area contributed by atoms with Crippen LogP contribution in [0.25, 0.3) is 22.0 Å². The minimum absolute atomic E-state index is 0.0535. The molecule has 2 heterocycles. The van der Waals surface area contributed by atoms with E-state index in [-0.39, 0.29) is 18.1 Å². The number of carbonyl (C=O) groups excluding carboxylic acids is 1. The van der Waals surface area contributed by atoms with Crippen molar-refractivity contribution in [3.05, 3.63) is 48.7 Å². The lowest BCUT2D eigenvalue weighted by molar-refractivity contribution is -0.123. The summed E-state index contributed by atoms with van der Waals surface area (Å²) in [6.07, 6.45) is 2.25. The van der Waals surface area contributed by atoms with Gasteiger partial charge in [0.05, 0.1) is 30.5 Å². The molecule has 174 valence electrons. The first-order valence-corrected chi connectivity index (χ1v) is 11.5. The van der Waals surface area contributed by atoms with Gasteiger partial charge in [-0.2, -0.15) is 0 Å². The number of aromatic nitrogens is 1. The highest BCUT2D eigenvalue weighted by Gasteiger charge is 2.24. The summed E-state index contributed by atoms with van der Waals surface area (Å²) >= 11 is 0. The second kappa shape index (κ2) is 9.02. The van der Waals surface area contributed by atoms with Crippen LogP contribution in [0.1, 0.15) is 34.6 Å². The molecule has 1 aromatic heterocycles. The van der Waals surface area contributed by atoms with Crippen LogP contribution in [0.5, 0.6) is 5.75 Å². The topological polar surface area (TPSA) is 63.7 Å². The fourth-order valence-corrected chi connectivity index (χ4v) is 4.28. The molecule has 6 nitrogen and oxygen atoms in total. The van der Waals surface area contributed by atoms with E-state index in [0.717, 1.165) is 35.4 Å². The molecule has 2 aromatic carbocycles. The van der Waals surface area contributed by atoms with Crippen molar-refractivity contribution in [2.45, 2.75) is 46.8 Å². The molecule has 0 radical (unpaired) electrons. The Bertz CT molecular complexity index is 1140. The predicted molar refractivity (Wildman–Crippen MR) is 134 cm³/mol. The molecule has 0 aliphatic carbocycles. The molecule has 1 fully saturated rings. The molecule has 0 spiro atoms. The van der Waals surface area contributed by atoms with E-state index in [1.165, 1.54) is 5.69 Å². The molecule has 1 aliphatic rings. The quantitative estimate of drug-likeness (QED) is 0.571. The van der Waals surface area contributed by atoms with E-state index in [0.29, 0.717) is 11.2 Å². The van der Waals surface area contributed by atoms with Crippen molar-refractivity contribution < 1.29 is 14.3 Å². The number of hydrogen-bond acceptors (Lipinski definition) is 5. The Labute approximate surface area is 195 Å². The maximum Gasteiger partial charge on any atom is 0.229 e. The summed E-state index contributed by atoms with van der Waals surface area (Å²) in [5, 5.41) is 3.88. The summed E-state index contributed by atoms with van der Waals surface area (Å²) in [6, 6.07) is 14.3. The number of hydrogen-bond donors (Lipinski definition) is 1. The van der Waals surface area contributed by atoms with Crippen LogP contribution in [0.4, 0.5) is 11.4 Å². The van der Waals surface area contributed by atoms with Crippen molar-refractivity contribution in [1.82, 2.24) is 4.98 Å². The van der Waals surface area contributed by atoms with Crippen LogP contribution in [-0.4, -0.2) is 43.3 Å². The summed E-state index contributed by atoms with van der Waals surface area (Å²) in [7, 11) is 1.67. The highest BCUT2D eigenvalue weighted by atomic mass is 16.5. The van der Waals surface area contributed by atoms with Crippen LogP contribution in [0, 0.1) is 5.41 Å². The third-order valence-corrected chi connectivity index (χ3v) is 5.94. The molecule has 0 unspecified atom stereocenters. The number of methoxy groups -OCH3 is 1. The number of benzene rings is 2. The Morgan fingerprint density at radius 3 is 2.36 bits per heavy atom. The van der Waals surface area contributed by atoms with Gasteiger partial charge in [-0.05, 0) is 43.7 Å². The Balaban J connectivity index is 1.68. The van der Waals surface area contributed by atoms with E-state index in [1.54, 1.807) is 7.11 Å². The van der Waals surface area contributed by atoms with Gasteiger partial charge in [0.2, 0.25) is 5.91 Å². The number of anilines is 2. The predicted octanol–water partition coefficient (Wildman–Crippen LogP) is 5.51. The van der Waals surface area contributed by atoms with Crippen molar-refractivity contribution in [2.75, 3.05) is 30.4 Å². The first-order valence-electron chi connectivity index (χ1n) is 11.5. The SMILES string of the molecule is COc1c(-c2ccc(N3C[C@@H](C)O[C@@H](C)C3)cc2)cnc2c(NC(=O)C(C)(C)C)cccc12. The standard InChI is InChI=1S/C27H33N3O3/c1-17-15-30(16-18(2)33-17)20-12-10-19(11-13-20)22-14-28-24-21(25(22)32-6)8-7-9-23(24)29-26(31)27(3,4)5/h7-14,17-18H,15-16H2,1-6H3,(H,29,31)/t17-,18+. The highest BCUT2D eigenvalue weighted by Crippen LogP contribution is 2.38. The van der Waals surface area contributed by atoms with Gasteiger partial charge in [0.1, 0.15) is 5.75 Å². The summed E-state index contributed by atoms with van der Waals surface area (Å²) in [5.74, 6) is 0.690. The average molecular weight is 448 g/mol. The van der Waals surface area contributed by atoms with E-state index in [4.69, 9.17) is 14.5 Å². The molecule has 0 bridgehead atoms. The van der Waals surface area contributed by atoms with Gasteiger partial charge in [-0.25, -0.2) is 0 Å². The molecule has 3 aromatic rings. The van der Waals surface area contributed by atoms with E-state index in [9.17, 15) is 4.79 Å². The average Bonchev–Trinajstić information content (AvgIpc) is 2.77. The number of nitrogens with zero attached hydrogens (tertiary/aromatic N) is 2. The van der Waals surface area contributed by atoms with Crippen LogP contribution in [0.3, 0.4) is 0 Å². The first-order chi connectivity index (χ1) is 15.7. The van der Waals surface area contributed by atoms with Crippen LogP contribution in [0.15, 0.2) is 48.7 Å². The molecule has 1 N–H and O–H groups in total. The lowest BCUT2D eigenvalue weighted by Crippen LogP contribution is -2.45. The smallest absolute Gasteiger partial charge is 0.229 e. The van der Waals surface area contributed by atoms with Gasteiger partial charge in [-0.15, -0.1) is 0 Å². The molecular formula is C27H33N3O3. The maximum absolute atomic E-state index is 12.5. The zero-order valence-electron chi connectivity index (χ0n) is 20.3. The molecule has 6 heteroatoms. The van der Waals surface area contributed by atoms with Gasteiger partial charge >= 0.3 is 0 Å². The van der Waals surface area contributed by atoms with Crippen molar-refractivity contribution in [2.24, 2.45) is 5.41 Å². The zero-order valence-corrected chi connectivity index (χ0v) is 20.3. The minimum atomic E-state index is -0.496. The summed E-state index contributed by atoms with van der Waals surface area (Å²) in [6.45, 7) is 11.7. The van der Waals surface area contributed by atoms with Crippen LogP contribution >= 0.6 is 0 Å². The number of nitrogens with one attached hydrogen (secondary N) is 1. The molecule has 1 saturated heterocycles. The van der Waals surface area contributed by atoms with Gasteiger partial charge in [0.25, 0.3) is 0 Å². The first kappa shape index (κ1) is 23.1. The van der Waals surface area contributed by atoms with Gasteiger partial charge < -0.3 is 19.7 Å². The summed E-state index contributed by atoms with van der Waals surface area (Å²) in [5.41, 5.74) is 4.03. The lowest BCUT2D eigenvalue weighted by atomic mass is 9.95. The molecule has 0 saturated carbocycles. The molecule has 2 atom stereocenters. The number of carbonyl (C=O) groups is 1. The fraction of sp³-hybridized carbons (Fsp3) is 0.407. The number of rotatable bonds is 4. The normalized spacial score (nSPS) is 18.9. The highest BCUT2D eigenvalue weighted by molar-refractivity contribution is 6.05. The molecule has 4 rings (SSSR count). The van der Waals surface area contributed by atoms with Crippen LogP contribution < -0.4 is 15.0 Å². The van der Waals surface area contributed by atoms with E-state index in [1.807, 2.05) is 45.2 Å². The second-order valence-electron chi connectivity index (χ2n) is 9.82. The molecular weight excluding hydrogens is 414 g/mol. The van der Waals surface area contributed by atoms with Crippen LogP contribution in [-0.2, 0) is 9.53 Å². The lowest BCUT2D eigenvalue weighted by Gasteiger charge is -2.36. The molecule has 1 amide bonds. The van der Waals surface area contributed by atoms with E-state index >= 15 is 0 Å². The van der Waals surface area contributed by atoms with Crippen molar-refractivity contribution in [3.63, 3.8) is 0 Å². The molecule has 33 heavy (non-hydrogen) atoms. The Morgan fingerprint density at radius 2 is 1.76 bits per heavy atom. The third-order valence-electron chi connectivity index (χ3n) is 5.94. The number of morpholine rings is 1. The maximum atomic E-state index is 12.5. The third kappa shape index (κ3) is 4.81. The van der Waals surface area contributed by atoms with E-state index in [2.05, 4.69) is 48.3 Å². The number of pyridine rings is 1. The number of para-hydroxylation sites is 1. The van der Waals surface area contributed by atoms with Crippen molar-refractivity contribution >= 4 is 28.2 Å². The van der Waals surface area contributed by atoms with Crippen molar-refractivity contribution in [1.29, 1.82) is 0 Å². The van der Waals surface area contributed by atoms with Crippen molar-refractivity contribution in [3.8, 4) is 16.9 Å². The largest absolute Gasteiger partial charge is 0.495 e. The minimum Gasteiger partial charge on any atom is -0.495 e. The fourth-order valence-electron chi connectivity index (χ4n) is 4.28. The Morgan fingerprint density at radius 1 is 1.09 bits per heavy atom. The van der Waals surface area contributed by atoms with Gasteiger partial charge in [-0.3, -0.25) is 9.78 Å². The number of fused-ring (bicyclic) bond motifs is 1. The summed E-state index contributed by atoms with van der Waals surface area (Å²) in [4.78, 5) is 19.6. The summed E-state index contributed by atoms with van der Waals surface area (Å²) < 4.78 is 11.7. The number of ether oxygens (including phenoxy) is 2. The van der Waals surface area contributed by atoms with Gasteiger partial charge in [0.15, 0.2) is 0 Å². The molecule has 1 aliphatic heterocycles. The van der Waals surface area contributed by atoms with E-state index < -0.39 is 5.41 Å².